The van der Waals surface area contributed by atoms with Crippen LogP contribution in [0, 0.1) is 0 Å². The first-order valence-corrected chi connectivity index (χ1v) is 6.97. The molecule has 8 heteroatoms. The number of thiophene rings is 1. The Morgan fingerprint density at radius 3 is 2.44 bits per heavy atom. The van der Waals surface area contributed by atoms with Crippen LogP contribution in [0.3, 0.4) is 0 Å². The van der Waals surface area contributed by atoms with Crippen LogP contribution in [-0.2, 0) is 9.53 Å². The summed E-state index contributed by atoms with van der Waals surface area (Å²) in [5, 5.41) is 0. The summed E-state index contributed by atoms with van der Waals surface area (Å²) in [6, 6.07) is 2.68. The number of carbonyl (C=O) groups excluding carboxylic acids is 3. The molecule has 0 atom stereocenters. The van der Waals surface area contributed by atoms with Crippen molar-refractivity contribution in [3.05, 3.63) is 21.9 Å². The molecule has 0 saturated carbocycles. The van der Waals surface area contributed by atoms with Gasteiger partial charge in [0, 0.05) is 0 Å². The van der Waals surface area contributed by atoms with E-state index in [4.69, 9.17) is 4.74 Å². The van der Waals surface area contributed by atoms with Crippen LogP contribution in [0.2, 0.25) is 0 Å². The fourth-order valence-corrected chi connectivity index (χ4v) is 2.16. The average Bonchev–Trinajstić information content (AvgIpc) is 2.78. The molecule has 18 heavy (non-hydrogen) atoms. The molecule has 98 valence electrons. The lowest BCUT2D eigenvalue weighted by Crippen LogP contribution is -2.14. The Bertz CT molecular complexity index is 472. The summed E-state index contributed by atoms with van der Waals surface area (Å²) in [7, 11) is 0. The number of hydrogen-bond donors (Lipinski definition) is 0. The van der Waals surface area contributed by atoms with Gasteiger partial charge < -0.3 is 4.74 Å². The first kappa shape index (κ1) is 15.2. The minimum absolute atomic E-state index is 0.0874. The SMILES string of the molecule is O=C(CC(=O)C(F)F)c1ccc(C(=O)OCI)s1. The van der Waals surface area contributed by atoms with Crippen molar-refractivity contribution in [1.29, 1.82) is 0 Å². The van der Waals surface area contributed by atoms with Gasteiger partial charge in [0.15, 0.2) is 5.78 Å². The Morgan fingerprint density at radius 1 is 1.28 bits per heavy atom. The van der Waals surface area contributed by atoms with Gasteiger partial charge in [0.25, 0.3) is 6.43 Å². The van der Waals surface area contributed by atoms with E-state index < -0.39 is 30.4 Å². The molecule has 0 spiro atoms. The maximum Gasteiger partial charge on any atom is 0.349 e. The monoisotopic (exact) mass is 388 g/mol. The minimum atomic E-state index is -3.16. The van der Waals surface area contributed by atoms with E-state index in [0.29, 0.717) is 0 Å². The van der Waals surface area contributed by atoms with Crippen LogP contribution in [0.5, 0.6) is 0 Å². The first-order chi connectivity index (χ1) is 8.45. The zero-order valence-electron chi connectivity index (χ0n) is 8.82. The predicted molar refractivity (Wildman–Crippen MR) is 68.6 cm³/mol. The molecular formula is C10H7F2IO4S. The van der Waals surface area contributed by atoms with Crippen molar-refractivity contribution < 1.29 is 27.9 Å². The topological polar surface area (TPSA) is 60.4 Å². The van der Waals surface area contributed by atoms with Gasteiger partial charge in [0.05, 0.1) is 11.3 Å². The number of Topliss-reactive ketones (excluding diaryl/α,β-unsaturated/α-hetero) is 2. The molecule has 0 aliphatic rings. The normalized spacial score (nSPS) is 10.4. The van der Waals surface area contributed by atoms with Gasteiger partial charge in [-0.15, -0.1) is 11.3 Å². The number of halogens is 3. The quantitative estimate of drug-likeness (QED) is 0.247. The fourth-order valence-electron chi connectivity index (χ4n) is 1.04. The zero-order valence-corrected chi connectivity index (χ0v) is 11.8. The number of ether oxygens (including phenoxy) is 1. The largest absolute Gasteiger partial charge is 0.451 e. The van der Waals surface area contributed by atoms with Gasteiger partial charge in [-0.25, -0.2) is 13.6 Å². The van der Waals surface area contributed by atoms with Crippen LogP contribution in [0.4, 0.5) is 8.78 Å². The van der Waals surface area contributed by atoms with Crippen LogP contribution >= 0.6 is 33.9 Å². The summed E-state index contributed by atoms with van der Waals surface area (Å²) in [4.78, 5) is 33.7. The summed E-state index contributed by atoms with van der Waals surface area (Å²) >= 11 is 2.66. The van der Waals surface area contributed by atoms with E-state index in [2.05, 4.69) is 0 Å². The number of rotatable bonds is 6. The lowest BCUT2D eigenvalue weighted by atomic mass is 10.2. The van der Waals surface area contributed by atoms with Crippen molar-refractivity contribution in [3.8, 4) is 0 Å². The number of ketones is 2. The highest BCUT2D eigenvalue weighted by molar-refractivity contribution is 14.1. The van der Waals surface area contributed by atoms with Gasteiger partial charge in [0.2, 0.25) is 5.78 Å². The smallest absolute Gasteiger partial charge is 0.349 e. The van der Waals surface area contributed by atoms with Gasteiger partial charge in [-0.05, 0) is 34.7 Å². The molecule has 0 N–H and O–H groups in total. The van der Waals surface area contributed by atoms with Crippen molar-refractivity contribution in [3.63, 3.8) is 0 Å². The number of alkyl halides is 3. The van der Waals surface area contributed by atoms with E-state index in [9.17, 15) is 23.2 Å². The molecule has 0 fully saturated rings. The molecule has 1 aromatic rings. The maximum absolute atomic E-state index is 12.0. The van der Waals surface area contributed by atoms with Crippen molar-refractivity contribution in [1.82, 2.24) is 0 Å². The van der Waals surface area contributed by atoms with Crippen LogP contribution in [-0.4, -0.2) is 28.6 Å². The lowest BCUT2D eigenvalue weighted by Gasteiger charge is -1.97. The average molecular weight is 388 g/mol. The third-order valence-corrected chi connectivity index (χ3v) is 3.26. The summed E-state index contributed by atoms with van der Waals surface area (Å²) in [5.41, 5.74) is 0. The fraction of sp³-hybridized carbons (Fsp3) is 0.300. The molecule has 1 rings (SSSR count). The Labute approximate surface area is 118 Å². The molecule has 0 aromatic carbocycles. The summed E-state index contributed by atoms with van der Waals surface area (Å²) in [5.74, 6) is -2.74. The molecule has 0 bridgehead atoms. The minimum Gasteiger partial charge on any atom is -0.451 e. The molecule has 0 aliphatic carbocycles. The van der Waals surface area contributed by atoms with E-state index in [0.717, 1.165) is 11.3 Å². The highest BCUT2D eigenvalue weighted by Crippen LogP contribution is 2.20. The second-order valence-electron chi connectivity index (χ2n) is 3.07. The Kier molecular flexibility index (Phi) is 5.79. The second-order valence-corrected chi connectivity index (χ2v) is 4.78. The Morgan fingerprint density at radius 2 is 1.89 bits per heavy atom. The summed E-state index contributed by atoms with van der Waals surface area (Å²) in [6.45, 7) is 0. The maximum atomic E-state index is 12.0. The van der Waals surface area contributed by atoms with Crippen molar-refractivity contribution in [2.75, 3.05) is 4.61 Å². The molecular weight excluding hydrogens is 381 g/mol. The van der Waals surface area contributed by atoms with Crippen molar-refractivity contribution in [2.24, 2.45) is 0 Å². The van der Waals surface area contributed by atoms with Crippen LogP contribution in [0.25, 0.3) is 0 Å². The first-order valence-electron chi connectivity index (χ1n) is 4.62. The Balaban J connectivity index is 2.71. The second kappa shape index (κ2) is 6.88. The van der Waals surface area contributed by atoms with E-state index in [1.807, 2.05) is 22.6 Å². The van der Waals surface area contributed by atoms with Gasteiger partial charge in [-0.1, -0.05) is 0 Å². The van der Waals surface area contributed by atoms with Crippen LogP contribution in [0.1, 0.15) is 25.8 Å². The number of carbonyl (C=O) groups is 3. The molecule has 0 saturated heterocycles. The molecule has 1 aromatic heterocycles. The molecule has 0 radical (unpaired) electrons. The van der Waals surface area contributed by atoms with Gasteiger partial charge >= 0.3 is 5.97 Å². The van der Waals surface area contributed by atoms with Gasteiger partial charge in [0.1, 0.15) is 9.49 Å². The van der Waals surface area contributed by atoms with Crippen LogP contribution in [0.15, 0.2) is 12.1 Å². The molecule has 4 nitrogen and oxygen atoms in total. The Hall–Kier alpha value is -0.900. The molecule has 0 aliphatic heterocycles. The van der Waals surface area contributed by atoms with Crippen LogP contribution < -0.4 is 0 Å². The summed E-state index contributed by atoms with van der Waals surface area (Å²) < 4.78 is 28.8. The van der Waals surface area contributed by atoms with E-state index in [1.54, 1.807) is 0 Å². The zero-order chi connectivity index (χ0) is 13.7. The van der Waals surface area contributed by atoms with Crippen molar-refractivity contribution in [2.45, 2.75) is 12.8 Å². The standard InChI is InChI=1S/C10H7F2IO4S/c11-9(12)6(15)3-5(14)7-1-2-8(18-7)10(16)17-4-13/h1-2,9H,3-4H2. The van der Waals surface area contributed by atoms with E-state index in [-0.39, 0.29) is 14.4 Å². The number of hydrogen-bond acceptors (Lipinski definition) is 5. The molecule has 0 amide bonds. The van der Waals surface area contributed by atoms with Crippen molar-refractivity contribution >= 4 is 51.5 Å². The van der Waals surface area contributed by atoms with Gasteiger partial charge in [-0.3, -0.25) is 9.59 Å². The third-order valence-electron chi connectivity index (χ3n) is 1.85. The van der Waals surface area contributed by atoms with E-state index >= 15 is 0 Å². The third kappa shape index (κ3) is 4.09. The predicted octanol–water partition coefficient (Wildman–Crippen LogP) is 2.70. The van der Waals surface area contributed by atoms with E-state index in [1.165, 1.54) is 12.1 Å². The van der Waals surface area contributed by atoms with Gasteiger partial charge in [-0.2, -0.15) is 0 Å². The molecule has 1 heterocycles. The number of esters is 1. The lowest BCUT2D eigenvalue weighted by molar-refractivity contribution is -0.128. The highest BCUT2D eigenvalue weighted by Gasteiger charge is 2.22. The summed E-state index contributed by atoms with van der Waals surface area (Å²) in [6.07, 6.45) is -4.02. The highest BCUT2D eigenvalue weighted by atomic mass is 127. The molecule has 0 unspecified atom stereocenters.